The maximum absolute atomic E-state index is 12.4. The molecule has 0 amide bonds. The predicted molar refractivity (Wildman–Crippen MR) is 62.6 cm³/mol. The van der Waals surface area contributed by atoms with Crippen LogP contribution in [0.1, 0.15) is 5.56 Å². The Kier molecular flexibility index (Phi) is 4.68. The molecule has 0 atom stereocenters. The van der Waals surface area contributed by atoms with Crippen molar-refractivity contribution in [1.29, 1.82) is 0 Å². The highest BCUT2D eigenvalue weighted by Gasteiger charge is 2.68. The molecular weight excluding hydrogens is 333 g/mol. The molecule has 0 unspecified atom stereocenters. The van der Waals surface area contributed by atoms with Crippen molar-refractivity contribution in [3.05, 3.63) is 39.9 Å². The van der Waals surface area contributed by atoms with E-state index in [1.54, 1.807) is 0 Å². The normalized spacial score (nSPS) is 14.1. The lowest BCUT2D eigenvalue weighted by Gasteiger charge is -2.29. The summed E-state index contributed by atoms with van der Waals surface area (Å²) < 4.78 is 74.4. The van der Waals surface area contributed by atoms with Gasteiger partial charge in [0.25, 0.3) is 5.60 Å². The average Bonchev–Trinajstić information content (AvgIpc) is 2.24. The van der Waals surface area contributed by atoms with E-state index in [4.69, 9.17) is 28.3 Å². The van der Waals surface area contributed by atoms with Gasteiger partial charge in [-0.3, -0.25) is 0 Å². The van der Waals surface area contributed by atoms with Crippen molar-refractivity contribution in [2.24, 2.45) is 0 Å². The third-order valence-electron chi connectivity index (χ3n) is 2.33. The van der Waals surface area contributed by atoms with Crippen molar-refractivity contribution < 1.29 is 31.4 Å². The Bertz CT molecular complexity index is 507. The summed E-state index contributed by atoms with van der Waals surface area (Å²) in [4.78, 5) is 0. The van der Waals surface area contributed by atoms with Gasteiger partial charge in [-0.05, 0) is 23.8 Å². The molecule has 0 aromatic heterocycles. The maximum Gasteiger partial charge on any atom is 0.430 e. The van der Waals surface area contributed by atoms with Gasteiger partial charge in [-0.1, -0.05) is 35.3 Å². The Morgan fingerprint density at radius 3 is 1.85 bits per heavy atom. The SMILES string of the molecule is OC(C=Cc1ccc(Cl)cc1Cl)(C(F)(F)F)C(F)(F)F. The Hall–Kier alpha value is -0.920. The second kappa shape index (κ2) is 5.46. The van der Waals surface area contributed by atoms with Crippen LogP contribution in [0.15, 0.2) is 24.3 Å². The Morgan fingerprint density at radius 2 is 1.45 bits per heavy atom. The van der Waals surface area contributed by atoms with Crippen LogP contribution < -0.4 is 0 Å². The molecule has 1 rings (SSSR count). The van der Waals surface area contributed by atoms with E-state index in [-0.39, 0.29) is 15.6 Å². The summed E-state index contributed by atoms with van der Waals surface area (Å²) in [7, 11) is 0. The monoisotopic (exact) mass is 338 g/mol. The molecule has 0 aliphatic heterocycles. The van der Waals surface area contributed by atoms with E-state index in [0.717, 1.165) is 12.1 Å². The summed E-state index contributed by atoms with van der Waals surface area (Å²) >= 11 is 11.1. The smallest absolute Gasteiger partial charge is 0.370 e. The molecule has 0 radical (unpaired) electrons. The van der Waals surface area contributed by atoms with Crippen molar-refractivity contribution >= 4 is 29.3 Å². The molecule has 9 heteroatoms. The van der Waals surface area contributed by atoms with E-state index in [9.17, 15) is 26.3 Å². The molecule has 1 N–H and O–H groups in total. The molecule has 0 bridgehead atoms. The van der Waals surface area contributed by atoms with E-state index in [1.807, 2.05) is 0 Å². The van der Waals surface area contributed by atoms with Crippen molar-refractivity contribution in [2.75, 3.05) is 0 Å². The van der Waals surface area contributed by atoms with Crippen LogP contribution in [0.2, 0.25) is 10.0 Å². The minimum absolute atomic E-state index is 0.150. The first-order chi connectivity index (χ1) is 8.88. The zero-order valence-electron chi connectivity index (χ0n) is 9.36. The molecule has 0 saturated carbocycles. The van der Waals surface area contributed by atoms with Gasteiger partial charge in [0.2, 0.25) is 0 Å². The van der Waals surface area contributed by atoms with Crippen LogP contribution in [0.4, 0.5) is 26.3 Å². The number of aliphatic hydroxyl groups is 1. The lowest BCUT2D eigenvalue weighted by Crippen LogP contribution is -2.55. The van der Waals surface area contributed by atoms with Crippen LogP contribution in [-0.4, -0.2) is 23.1 Å². The van der Waals surface area contributed by atoms with Crippen LogP contribution in [0, 0.1) is 0 Å². The quantitative estimate of drug-likeness (QED) is 0.763. The second-order valence-electron chi connectivity index (χ2n) is 3.76. The molecule has 1 aromatic rings. The standard InChI is InChI=1S/C11H6Cl2F6O/c12-7-2-1-6(8(13)5-7)3-4-9(20,10(14,15)16)11(17,18)19/h1-5,20H. The summed E-state index contributed by atoms with van der Waals surface area (Å²) in [6.07, 6.45) is -11.8. The second-order valence-corrected chi connectivity index (χ2v) is 4.60. The van der Waals surface area contributed by atoms with Crippen LogP contribution in [0.3, 0.4) is 0 Å². The van der Waals surface area contributed by atoms with Gasteiger partial charge < -0.3 is 5.11 Å². The number of benzene rings is 1. The lowest BCUT2D eigenvalue weighted by atomic mass is 10.0. The fraction of sp³-hybridized carbons (Fsp3) is 0.273. The third kappa shape index (κ3) is 3.39. The summed E-state index contributed by atoms with van der Waals surface area (Å²) in [6, 6.07) is 3.49. The summed E-state index contributed by atoms with van der Waals surface area (Å²) in [5.41, 5.74) is -5.11. The predicted octanol–water partition coefficient (Wildman–Crippen LogP) is 4.86. The van der Waals surface area contributed by atoms with Crippen LogP contribution in [0.5, 0.6) is 0 Å². The number of halogens is 8. The van der Waals surface area contributed by atoms with Gasteiger partial charge in [0, 0.05) is 10.0 Å². The molecule has 112 valence electrons. The van der Waals surface area contributed by atoms with Gasteiger partial charge in [-0.15, -0.1) is 0 Å². The number of hydrogen-bond donors (Lipinski definition) is 1. The van der Waals surface area contributed by atoms with Crippen molar-refractivity contribution in [1.82, 2.24) is 0 Å². The first kappa shape index (κ1) is 17.1. The molecular formula is C11H6Cl2F6O. The summed E-state index contributed by atoms with van der Waals surface area (Å²) in [6.45, 7) is 0. The van der Waals surface area contributed by atoms with Gasteiger partial charge in [-0.25, -0.2) is 0 Å². The first-order valence-electron chi connectivity index (χ1n) is 4.88. The average molecular weight is 339 g/mol. The summed E-state index contributed by atoms with van der Waals surface area (Å²) in [5, 5.41) is 8.89. The summed E-state index contributed by atoms with van der Waals surface area (Å²) in [5.74, 6) is 0. The van der Waals surface area contributed by atoms with Gasteiger partial charge in [0.15, 0.2) is 0 Å². The van der Waals surface area contributed by atoms with Crippen LogP contribution >= 0.6 is 23.2 Å². The molecule has 1 aromatic carbocycles. The van der Waals surface area contributed by atoms with E-state index < -0.39 is 24.0 Å². The Morgan fingerprint density at radius 1 is 0.950 bits per heavy atom. The molecule has 0 spiro atoms. The highest BCUT2D eigenvalue weighted by Crippen LogP contribution is 2.44. The van der Waals surface area contributed by atoms with Crippen molar-refractivity contribution in [3.8, 4) is 0 Å². The van der Waals surface area contributed by atoms with Crippen molar-refractivity contribution in [2.45, 2.75) is 18.0 Å². The Labute approximate surface area is 119 Å². The number of hydrogen-bond acceptors (Lipinski definition) is 1. The van der Waals surface area contributed by atoms with Gasteiger partial charge in [0.05, 0.1) is 0 Å². The van der Waals surface area contributed by atoms with Gasteiger partial charge >= 0.3 is 12.4 Å². The zero-order chi connectivity index (χ0) is 15.8. The molecule has 0 aliphatic rings. The van der Waals surface area contributed by atoms with Gasteiger partial charge in [-0.2, -0.15) is 26.3 Å². The van der Waals surface area contributed by atoms with E-state index in [0.29, 0.717) is 6.08 Å². The molecule has 0 fully saturated rings. The fourth-order valence-corrected chi connectivity index (χ4v) is 1.67. The lowest BCUT2D eigenvalue weighted by molar-refractivity contribution is -0.347. The van der Waals surface area contributed by atoms with E-state index >= 15 is 0 Å². The minimum atomic E-state index is -5.92. The Balaban J connectivity index is 3.24. The van der Waals surface area contributed by atoms with Crippen LogP contribution in [-0.2, 0) is 0 Å². The third-order valence-corrected chi connectivity index (χ3v) is 2.89. The largest absolute Gasteiger partial charge is 0.430 e. The topological polar surface area (TPSA) is 20.2 Å². The molecule has 1 nitrogen and oxygen atoms in total. The fourth-order valence-electron chi connectivity index (χ4n) is 1.20. The zero-order valence-corrected chi connectivity index (χ0v) is 10.9. The van der Waals surface area contributed by atoms with Gasteiger partial charge in [0.1, 0.15) is 0 Å². The maximum atomic E-state index is 12.4. The van der Waals surface area contributed by atoms with Crippen molar-refractivity contribution in [3.63, 3.8) is 0 Å². The van der Waals surface area contributed by atoms with E-state index in [1.165, 1.54) is 6.07 Å². The molecule has 0 saturated heterocycles. The highest BCUT2D eigenvalue weighted by molar-refractivity contribution is 6.35. The van der Waals surface area contributed by atoms with Crippen LogP contribution in [0.25, 0.3) is 6.08 Å². The minimum Gasteiger partial charge on any atom is -0.370 e. The number of rotatable bonds is 2. The first-order valence-corrected chi connectivity index (χ1v) is 5.64. The molecule has 0 heterocycles. The van der Waals surface area contributed by atoms with E-state index in [2.05, 4.69) is 0 Å². The molecule has 20 heavy (non-hydrogen) atoms. The number of alkyl halides is 6. The molecule has 0 aliphatic carbocycles. The highest BCUT2D eigenvalue weighted by atomic mass is 35.5.